The lowest BCUT2D eigenvalue weighted by atomic mass is 9.96. The molecule has 0 fully saturated rings. The number of benzene rings is 1. The normalized spacial score (nSPS) is 14.8. The van der Waals surface area contributed by atoms with E-state index in [0.717, 1.165) is 5.76 Å². The van der Waals surface area contributed by atoms with Gasteiger partial charge in [0.15, 0.2) is 6.10 Å². The van der Waals surface area contributed by atoms with E-state index in [4.69, 9.17) is 9.15 Å². The minimum atomic E-state index is -1.20. The Hall–Kier alpha value is -2.27. The molecule has 1 aromatic carbocycles. The van der Waals surface area contributed by atoms with Crippen molar-refractivity contribution in [2.75, 3.05) is 6.54 Å². The Morgan fingerprint density at radius 2 is 2.00 bits per heavy atom. The molecule has 5 heteroatoms. The standard InChI is InChI=1S/C18H23NO4/c1-12-10-16(13(2)22-12)18(4,21)11-19-17(20)14(3)23-15-8-6-5-7-9-15/h5-10,14,21H,11H2,1-4H3,(H,19,20). The van der Waals surface area contributed by atoms with Crippen LogP contribution in [0.5, 0.6) is 5.75 Å². The van der Waals surface area contributed by atoms with Crippen LogP contribution in [-0.4, -0.2) is 23.7 Å². The molecular formula is C18H23NO4. The van der Waals surface area contributed by atoms with Gasteiger partial charge in [-0.05, 0) is 45.9 Å². The highest BCUT2D eigenvalue weighted by Crippen LogP contribution is 2.26. The predicted octanol–water partition coefficient (Wildman–Crippen LogP) is 2.69. The Morgan fingerprint density at radius 3 is 2.57 bits per heavy atom. The fourth-order valence-electron chi connectivity index (χ4n) is 2.42. The summed E-state index contributed by atoms with van der Waals surface area (Å²) in [6.45, 7) is 7.01. The summed E-state index contributed by atoms with van der Waals surface area (Å²) in [5, 5.41) is 13.3. The monoisotopic (exact) mass is 317 g/mol. The summed E-state index contributed by atoms with van der Waals surface area (Å²) in [4.78, 5) is 12.1. The van der Waals surface area contributed by atoms with Crippen LogP contribution in [0.3, 0.4) is 0 Å². The first-order valence-electron chi connectivity index (χ1n) is 7.59. The number of aliphatic hydroxyl groups is 1. The quantitative estimate of drug-likeness (QED) is 0.859. The smallest absolute Gasteiger partial charge is 0.260 e. The molecule has 0 aliphatic rings. The van der Waals surface area contributed by atoms with Crippen LogP contribution in [0.2, 0.25) is 0 Å². The number of rotatable bonds is 6. The van der Waals surface area contributed by atoms with Gasteiger partial charge in [0.2, 0.25) is 0 Å². The minimum absolute atomic E-state index is 0.0775. The van der Waals surface area contributed by atoms with Crippen molar-refractivity contribution in [1.29, 1.82) is 0 Å². The molecule has 23 heavy (non-hydrogen) atoms. The van der Waals surface area contributed by atoms with Gasteiger partial charge in [0, 0.05) is 5.56 Å². The first kappa shape index (κ1) is 17.1. The van der Waals surface area contributed by atoms with Gasteiger partial charge in [-0.15, -0.1) is 0 Å². The molecule has 1 aromatic heterocycles. The molecule has 1 amide bonds. The van der Waals surface area contributed by atoms with Gasteiger partial charge in [-0.2, -0.15) is 0 Å². The number of ether oxygens (including phenoxy) is 1. The molecular weight excluding hydrogens is 294 g/mol. The Balaban J connectivity index is 1.94. The van der Waals surface area contributed by atoms with Gasteiger partial charge in [0.05, 0.1) is 6.54 Å². The Kier molecular flexibility index (Phi) is 5.11. The predicted molar refractivity (Wildman–Crippen MR) is 87.3 cm³/mol. The topological polar surface area (TPSA) is 71.7 Å². The van der Waals surface area contributed by atoms with E-state index in [1.54, 1.807) is 39.0 Å². The molecule has 2 N–H and O–H groups in total. The molecule has 2 unspecified atom stereocenters. The average Bonchev–Trinajstić information content (AvgIpc) is 2.85. The third-order valence-electron chi connectivity index (χ3n) is 3.65. The second-order valence-electron chi connectivity index (χ2n) is 5.89. The molecule has 2 atom stereocenters. The average molecular weight is 317 g/mol. The summed E-state index contributed by atoms with van der Waals surface area (Å²) in [5.74, 6) is 1.72. The van der Waals surface area contributed by atoms with Gasteiger partial charge >= 0.3 is 0 Å². The van der Waals surface area contributed by atoms with Crippen molar-refractivity contribution in [2.24, 2.45) is 0 Å². The lowest BCUT2D eigenvalue weighted by Gasteiger charge is -2.24. The first-order valence-corrected chi connectivity index (χ1v) is 7.59. The van der Waals surface area contributed by atoms with Crippen LogP contribution in [-0.2, 0) is 10.4 Å². The molecule has 0 aliphatic carbocycles. The van der Waals surface area contributed by atoms with E-state index in [2.05, 4.69) is 5.32 Å². The minimum Gasteiger partial charge on any atom is -0.481 e. The molecule has 5 nitrogen and oxygen atoms in total. The van der Waals surface area contributed by atoms with Crippen LogP contribution in [0.15, 0.2) is 40.8 Å². The summed E-state index contributed by atoms with van der Waals surface area (Å²) in [7, 11) is 0. The van der Waals surface area contributed by atoms with E-state index in [9.17, 15) is 9.90 Å². The van der Waals surface area contributed by atoms with Crippen molar-refractivity contribution >= 4 is 5.91 Å². The number of nitrogens with one attached hydrogen (secondary N) is 1. The second-order valence-corrected chi connectivity index (χ2v) is 5.89. The summed E-state index contributed by atoms with van der Waals surface area (Å²) >= 11 is 0. The Labute approximate surface area is 136 Å². The summed E-state index contributed by atoms with van der Waals surface area (Å²) in [6, 6.07) is 10.9. The van der Waals surface area contributed by atoms with Gasteiger partial charge < -0.3 is 19.6 Å². The molecule has 1 heterocycles. The van der Waals surface area contributed by atoms with Gasteiger partial charge in [0.1, 0.15) is 22.9 Å². The highest BCUT2D eigenvalue weighted by Gasteiger charge is 2.29. The van der Waals surface area contributed by atoms with Gasteiger partial charge in [-0.25, -0.2) is 0 Å². The number of carbonyl (C=O) groups excluding carboxylic acids is 1. The van der Waals surface area contributed by atoms with Crippen molar-refractivity contribution in [2.45, 2.75) is 39.4 Å². The number of para-hydroxylation sites is 1. The van der Waals surface area contributed by atoms with E-state index in [1.807, 2.05) is 25.1 Å². The van der Waals surface area contributed by atoms with E-state index >= 15 is 0 Å². The number of amides is 1. The maximum atomic E-state index is 12.1. The molecule has 124 valence electrons. The van der Waals surface area contributed by atoms with Crippen molar-refractivity contribution < 1.29 is 19.1 Å². The lowest BCUT2D eigenvalue weighted by molar-refractivity contribution is -0.128. The van der Waals surface area contributed by atoms with E-state index in [0.29, 0.717) is 17.1 Å². The second kappa shape index (κ2) is 6.87. The fourth-order valence-corrected chi connectivity index (χ4v) is 2.42. The van der Waals surface area contributed by atoms with Crippen molar-refractivity contribution in [1.82, 2.24) is 5.32 Å². The maximum absolute atomic E-state index is 12.1. The summed E-state index contributed by atoms with van der Waals surface area (Å²) in [6.07, 6.45) is -0.652. The van der Waals surface area contributed by atoms with Crippen molar-refractivity contribution in [3.63, 3.8) is 0 Å². The van der Waals surface area contributed by atoms with Crippen molar-refractivity contribution in [3.8, 4) is 5.75 Å². The van der Waals surface area contributed by atoms with E-state index in [-0.39, 0.29) is 12.5 Å². The molecule has 0 bridgehead atoms. The zero-order chi connectivity index (χ0) is 17.0. The van der Waals surface area contributed by atoms with E-state index in [1.165, 1.54) is 0 Å². The Morgan fingerprint density at radius 1 is 1.35 bits per heavy atom. The van der Waals surface area contributed by atoms with Crippen LogP contribution in [0.1, 0.15) is 30.9 Å². The van der Waals surface area contributed by atoms with Gasteiger partial charge in [-0.1, -0.05) is 18.2 Å². The number of furan rings is 1. The highest BCUT2D eigenvalue weighted by atomic mass is 16.5. The van der Waals surface area contributed by atoms with Gasteiger partial charge in [0.25, 0.3) is 5.91 Å². The van der Waals surface area contributed by atoms with Crippen LogP contribution in [0.25, 0.3) is 0 Å². The van der Waals surface area contributed by atoms with Crippen LogP contribution < -0.4 is 10.1 Å². The summed E-state index contributed by atoms with van der Waals surface area (Å²) < 4.78 is 11.0. The molecule has 0 radical (unpaired) electrons. The first-order chi connectivity index (χ1) is 10.8. The third kappa shape index (κ3) is 4.36. The molecule has 0 aliphatic heterocycles. The highest BCUT2D eigenvalue weighted by molar-refractivity contribution is 5.80. The van der Waals surface area contributed by atoms with Crippen molar-refractivity contribution in [3.05, 3.63) is 53.5 Å². The number of aryl methyl sites for hydroxylation is 2. The molecule has 0 saturated heterocycles. The Bertz CT molecular complexity index is 661. The van der Waals surface area contributed by atoms with Crippen LogP contribution in [0, 0.1) is 13.8 Å². The largest absolute Gasteiger partial charge is 0.481 e. The zero-order valence-corrected chi connectivity index (χ0v) is 13.9. The third-order valence-corrected chi connectivity index (χ3v) is 3.65. The van der Waals surface area contributed by atoms with Crippen LogP contribution >= 0.6 is 0 Å². The zero-order valence-electron chi connectivity index (χ0n) is 13.9. The summed E-state index contributed by atoms with van der Waals surface area (Å²) in [5.41, 5.74) is -0.531. The molecule has 0 saturated carbocycles. The number of hydrogen-bond acceptors (Lipinski definition) is 4. The van der Waals surface area contributed by atoms with Gasteiger partial charge in [-0.3, -0.25) is 4.79 Å². The lowest BCUT2D eigenvalue weighted by Crippen LogP contribution is -2.43. The maximum Gasteiger partial charge on any atom is 0.260 e. The van der Waals surface area contributed by atoms with E-state index < -0.39 is 11.7 Å². The number of hydrogen-bond donors (Lipinski definition) is 2. The molecule has 2 aromatic rings. The molecule has 0 spiro atoms. The molecule has 2 rings (SSSR count). The van der Waals surface area contributed by atoms with Crippen LogP contribution in [0.4, 0.5) is 0 Å². The fraction of sp³-hybridized carbons (Fsp3) is 0.389. The SMILES string of the molecule is Cc1cc(C(C)(O)CNC(=O)C(C)Oc2ccccc2)c(C)o1. The number of carbonyl (C=O) groups is 1.